The normalized spacial score (nSPS) is 15.2. The van der Waals surface area contributed by atoms with Crippen LogP contribution < -0.4 is 15.5 Å². The van der Waals surface area contributed by atoms with E-state index in [9.17, 15) is 0 Å². The van der Waals surface area contributed by atoms with E-state index in [2.05, 4.69) is 70.3 Å². The van der Waals surface area contributed by atoms with Crippen LogP contribution in [-0.4, -0.2) is 63.2 Å². The fraction of sp³-hybridized carbons (Fsp3) is 0.550. The first-order valence-corrected chi connectivity index (χ1v) is 9.15. The van der Waals surface area contributed by atoms with E-state index in [4.69, 9.17) is 6.42 Å². The molecule has 2 N–H and O–H groups in total. The molecule has 1 aliphatic rings. The van der Waals surface area contributed by atoms with Crippen molar-refractivity contribution in [3.63, 3.8) is 0 Å². The summed E-state index contributed by atoms with van der Waals surface area (Å²) in [5.41, 5.74) is 4.14. The Balaban J connectivity index is 0.00000338. The van der Waals surface area contributed by atoms with Gasteiger partial charge in [0.1, 0.15) is 0 Å². The lowest BCUT2D eigenvalue weighted by Crippen LogP contribution is -2.47. The van der Waals surface area contributed by atoms with Crippen molar-refractivity contribution in [2.45, 2.75) is 20.8 Å². The standard InChI is InChI=1S/C20H31N5.HI/c1-5-10-22-20(21-6-2)23-11-12-24-13-15-25(16-14-24)19-9-7-8-17(3)18(19)4;/h1,7-9H,6,10-16H2,2-4H3,(H2,21,22,23);1H. The molecule has 0 bridgehead atoms. The summed E-state index contributed by atoms with van der Waals surface area (Å²) in [4.78, 5) is 9.57. The van der Waals surface area contributed by atoms with Gasteiger partial charge in [0.2, 0.25) is 0 Å². The highest BCUT2D eigenvalue weighted by molar-refractivity contribution is 14.0. The second kappa shape index (κ2) is 12.0. The maximum absolute atomic E-state index is 5.29. The number of terminal acetylenes is 1. The molecule has 1 aromatic rings. The number of piperazine rings is 1. The molecule has 0 aliphatic carbocycles. The van der Waals surface area contributed by atoms with E-state index in [0.29, 0.717) is 6.54 Å². The number of nitrogens with zero attached hydrogens (tertiary/aromatic N) is 3. The molecule has 1 aliphatic heterocycles. The van der Waals surface area contributed by atoms with Gasteiger partial charge in [0.15, 0.2) is 5.96 Å². The second-order valence-electron chi connectivity index (χ2n) is 6.37. The first-order chi connectivity index (χ1) is 12.2. The summed E-state index contributed by atoms with van der Waals surface area (Å²) in [5.74, 6) is 3.38. The SMILES string of the molecule is C#CCNC(=NCCN1CCN(c2cccc(C)c2C)CC1)NCC.I. The number of guanidine groups is 1. The Morgan fingerprint density at radius 3 is 2.58 bits per heavy atom. The molecule has 1 heterocycles. The summed E-state index contributed by atoms with van der Waals surface area (Å²) in [5, 5.41) is 6.34. The summed E-state index contributed by atoms with van der Waals surface area (Å²) in [7, 11) is 0. The van der Waals surface area contributed by atoms with Crippen molar-refractivity contribution in [2.75, 3.05) is 57.3 Å². The lowest BCUT2D eigenvalue weighted by Gasteiger charge is -2.36. The minimum Gasteiger partial charge on any atom is -0.369 e. The summed E-state index contributed by atoms with van der Waals surface area (Å²) in [6, 6.07) is 6.58. The maximum atomic E-state index is 5.29. The zero-order valence-electron chi connectivity index (χ0n) is 16.2. The van der Waals surface area contributed by atoms with Crippen molar-refractivity contribution in [1.29, 1.82) is 0 Å². The Morgan fingerprint density at radius 1 is 1.19 bits per heavy atom. The van der Waals surface area contributed by atoms with Crippen LogP contribution in [0.15, 0.2) is 23.2 Å². The number of rotatable bonds is 6. The zero-order valence-corrected chi connectivity index (χ0v) is 18.5. The van der Waals surface area contributed by atoms with Gasteiger partial charge in [0, 0.05) is 45.0 Å². The lowest BCUT2D eigenvalue weighted by molar-refractivity contribution is 0.265. The van der Waals surface area contributed by atoms with Gasteiger partial charge in [-0.15, -0.1) is 30.4 Å². The molecule has 1 aromatic carbocycles. The van der Waals surface area contributed by atoms with E-state index in [0.717, 1.165) is 51.8 Å². The van der Waals surface area contributed by atoms with Crippen LogP contribution in [-0.2, 0) is 0 Å². The van der Waals surface area contributed by atoms with E-state index in [1.807, 2.05) is 0 Å². The highest BCUT2D eigenvalue weighted by Crippen LogP contribution is 2.23. The molecular weight excluding hydrogens is 437 g/mol. The van der Waals surface area contributed by atoms with Gasteiger partial charge in [-0.25, -0.2) is 0 Å². The Hall–Kier alpha value is -1.46. The first-order valence-electron chi connectivity index (χ1n) is 9.15. The monoisotopic (exact) mass is 469 g/mol. The van der Waals surface area contributed by atoms with Gasteiger partial charge in [-0.1, -0.05) is 18.1 Å². The quantitative estimate of drug-likeness (QED) is 0.290. The number of hydrogen-bond donors (Lipinski definition) is 2. The average molecular weight is 469 g/mol. The molecule has 0 unspecified atom stereocenters. The van der Waals surface area contributed by atoms with Crippen molar-refractivity contribution in [1.82, 2.24) is 15.5 Å². The van der Waals surface area contributed by atoms with Crippen molar-refractivity contribution >= 4 is 35.6 Å². The Bertz CT molecular complexity index is 615. The van der Waals surface area contributed by atoms with Gasteiger partial charge in [0.25, 0.3) is 0 Å². The lowest BCUT2D eigenvalue weighted by atomic mass is 10.1. The van der Waals surface area contributed by atoms with E-state index >= 15 is 0 Å². The molecule has 0 amide bonds. The molecule has 2 rings (SSSR count). The molecule has 1 saturated heterocycles. The second-order valence-corrected chi connectivity index (χ2v) is 6.37. The number of nitrogens with one attached hydrogen (secondary N) is 2. The molecule has 0 radical (unpaired) electrons. The Morgan fingerprint density at radius 2 is 1.92 bits per heavy atom. The summed E-state index contributed by atoms with van der Waals surface area (Å²) >= 11 is 0. The van der Waals surface area contributed by atoms with E-state index < -0.39 is 0 Å². The van der Waals surface area contributed by atoms with Crippen molar-refractivity contribution < 1.29 is 0 Å². The van der Waals surface area contributed by atoms with Crippen LogP contribution in [0.1, 0.15) is 18.1 Å². The first kappa shape index (κ1) is 22.6. The fourth-order valence-electron chi connectivity index (χ4n) is 3.07. The third-order valence-electron chi connectivity index (χ3n) is 4.68. The molecule has 5 nitrogen and oxygen atoms in total. The molecule has 0 saturated carbocycles. The van der Waals surface area contributed by atoms with Crippen LogP contribution in [0.2, 0.25) is 0 Å². The number of benzene rings is 1. The average Bonchev–Trinajstić information content (AvgIpc) is 2.63. The van der Waals surface area contributed by atoms with Gasteiger partial charge >= 0.3 is 0 Å². The minimum atomic E-state index is 0. The third-order valence-corrected chi connectivity index (χ3v) is 4.68. The minimum absolute atomic E-state index is 0. The zero-order chi connectivity index (χ0) is 18.1. The molecule has 26 heavy (non-hydrogen) atoms. The van der Waals surface area contributed by atoms with Gasteiger partial charge in [-0.2, -0.15) is 0 Å². The van der Waals surface area contributed by atoms with Crippen LogP contribution in [0.4, 0.5) is 5.69 Å². The smallest absolute Gasteiger partial charge is 0.192 e. The van der Waals surface area contributed by atoms with Gasteiger partial charge in [-0.3, -0.25) is 9.89 Å². The van der Waals surface area contributed by atoms with Crippen LogP contribution in [0.3, 0.4) is 0 Å². The van der Waals surface area contributed by atoms with Crippen LogP contribution in [0, 0.1) is 26.2 Å². The highest BCUT2D eigenvalue weighted by Gasteiger charge is 2.18. The molecule has 6 heteroatoms. The number of aryl methyl sites for hydroxylation is 1. The number of halogens is 1. The number of anilines is 1. The number of hydrogen-bond acceptors (Lipinski definition) is 3. The van der Waals surface area contributed by atoms with Crippen LogP contribution in [0.5, 0.6) is 0 Å². The summed E-state index contributed by atoms with van der Waals surface area (Å²) in [6.07, 6.45) is 5.29. The third kappa shape index (κ3) is 6.69. The van der Waals surface area contributed by atoms with Crippen molar-refractivity contribution in [2.24, 2.45) is 4.99 Å². The fourth-order valence-corrected chi connectivity index (χ4v) is 3.07. The van der Waals surface area contributed by atoms with E-state index in [1.54, 1.807) is 0 Å². The predicted molar refractivity (Wildman–Crippen MR) is 123 cm³/mol. The van der Waals surface area contributed by atoms with Crippen LogP contribution >= 0.6 is 24.0 Å². The molecule has 1 fully saturated rings. The van der Waals surface area contributed by atoms with Crippen molar-refractivity contribution in [3.8, 4) is 12.3 Å². The number of aliphatic imine (C=N–C) groups is 1. The van der Waals surface area contributed by atoms with Gasteiger partial charge in [-0.05, 0) is 38.0 Å². The molecule has 144 valence electrons. The maximum Gasteiger partial charge on any atom is 0.192 e. The van der Waals surface area contributed by atoms with E-state index in [-0.39, 0.29) is 24.0 Å². The summed E-state index contributed by atoms with van der Waals surface area (Å²) in [6.45, 7) is 13.9. The molecular formula is C20H32IN5. The van der Waals surface area contributed by atoms with Crippen LogP contribution in [0.25, 0.3) is 0 Å². The van der Waals surface area contributed by atoms with Gasteiger partial charge in [0.05, 0.1) is 13.1 Å². The predicted octanol–water partition coefficient (Wildman–Crippen LogP) is 2.23. The highest BCUT2D eigenvalue weighted by atomic mass is 127. The largest absolute Gasteiger partial charge is 0.369 e. The summed E-state index contributed by atoms with van der Waals surface area (Å²) < 4.78 is 0. The molecule has 0 spiro atoms. The topological polar surface area (TPSA) is 42.9 Å². The Labute approximate surface area is 175 Å². The molecule has 0 aromatic heterocycles. The van der Waals surface area contributed by atoms with Crippen molar-refractivity contribution in [3.05, 3.63) is 29.3 Å². The Kier molecular flexibility index (Phi) is 10.4. The van der Waals surface area contributed by atoms with E-state index in [1.165, 1.54) is 16.8 Å². The molecule has 0 atom stereocenters. The van der Waals surface area contributed by atoms with Gasteiger partial charge < -0.3 is 15.5 Å².